The molecule has 2 amide bonds. The number of nitrogens with one attached hydrogen (secondary N) is 1. The first-order valence-electron chi connectivity index (χ1n) is 22.9. The summed E-state index contributed by atoms with van der Waals surface area (Å²) in [6.07, 6.45) is 23.5. The molecule has 1 saturated heterocycles. The minimum atomic E-state index is -0.519. The maximum Gasteiger partial charge on any atom is 0.410 e. The average Bonchev–Trinajstić information content (AvgIpc) is 4.18. The molecule has 6 aromatic heterocycles. The Balaban J connectivity index is 0.000000187. The van der Waals surface area contributed by atoms with Crippen molar-refractivity contribution in [3.63, 3.8) is 0 Å². The molecule has 0 spiro atoms. The Bertz CT molecular complexity index is 2990. The fourth-order valence-corrected chi connectivity index (χ4v) is 7.64. The van der Waals surface area contributed by atoms with E-state index in [1.165, 1.54) is 0 Å². The van der Waals surface area contributed by atoms with E-state index in [2.05, 4.69) is 63.8 Å². The summed E-state index contributed by atoms with van der Waals surface area (Å²) in [5, 5.41) is 20.2. The zero-order chi connectivity index (χ0) is 48.7. The smallest absolute Gasteiger partial charge is 0.410 e. The van der Waals surface area contributed by atoms with Crippen LogP contribution < -0.4 is 5.32 Å². The van der Waals surface area contributed by atoms with Crippen LogP contribution in [0.2, 0.25) is 0 Å². The average molecular weight is 931 g/mol. The molecule has 356 valence electrons. The van der Waals surface area contributed by atoms with Crippen molar-refractivity contribution in [3.8, 4) is 67.3 Å². The number of carbonyl (C=O) groups is 2. The molecule has 9 rings (SSSR count). The molecule has 7 heterocycles. The topological polar surface area (TPSA) is 191 Å². The fraction of sp³-hybridized carbons (Fsp3) is 0.333. The molecule has 0 saturated carbocycles. The van der Waals surface area contributed by atoms with Crippen molar-refractivity contribution in [2.75, 3.05) is 19.6 Å². The van der Waals surface area contributed by atoms with Gasteiger partial charge in [0, 0.05) is 128 Å². The molecule has 18 heteroatoms. The molecule has 1 atom stereocenters. The van der Waals surface area contributed by atoms with Crippen molar-refractivity contribution < 1.29 is 19.1 Å². The Hall–Kier alpha value is -8.02. The zero-order valence-electron chi connectivity index (χ0n) is 40.3. The highest BCUT2D eigenvalue weighted by Crippen LogP contribution is 2.29. The van der Waals surface area contributed by atoms with Gasteiger partial charge in [-0.15, -0.1) is 0 Å². The first kappa shape index (κ1) is 47.5. The number of amides is 2. The van der Waals surface area contributed by atoms with Crippen LogP contribution in [0.4, 0.5) is 9.59 Å². The molecule has 1 aliphatic heterocycles. The number of carbonyl (C=O) groups excluding carboxylic acids is 2. The van der Waals surface area contributed by atoms with Gasteiger partial charge in [-0.05, 0) is 77.6 Å². The number of aromatic nitrogens is 12. The largest absolute Gasteiger partial charge is 0.444 e. The van der Waals surface area contributed by atoms with Crippen LogP contribution in [-0.2, 0) is 30.1 Å². The van der Waals surface area contributed by atoms with Crippen LogP contribution in [0.15, 0.2) is 123 Å². The van der Waals surface area contributed by atoms with E-state index in [1.54, 1.807) is 37.5 Å². The van der Waals surface area contributed by atoms with Gasteiger partial charge in [-0.1, -0.05) is 36.4 Å². The highest BCUT2D eigenvalue weighted by atomic mass is 16.6. The third kappa shape index (κ3) is 12.7. The number of likely N-dealkylation sites (tertiary alicyclic amines) is 1. The summed E-state index contributed by atoms with van der Waals surface area (Å²) < 4.78 is 18.1. The number of ether oxygens (including phenoxy) is 2. The van der Waals surface area contributed by atoms with Gasteiger partial charge in [-0.3, -0.25) is 18.7 Å². The number of nitrogens with zero attached hydrogens (tertiary/aromatic N) is 13. The molecule has 0 bridgehead atoms. The van der Waals surface area contributed by atoms with E-state index in [-0.39, 0.29) is 12.1 Å². The normalized spacial score (nSPS) is 13.9. The van der Waals surface area contributed by atoms with Crippen LogP contribution >= 0.6 is 0 Å². The molecule has 1 unspecified atom stereocenters. The lowest BCUT2D eigenvalue weighted by Crippen LogP contribution is -2.43. The van der Waals surface area contributed by atoms with E-state index in [4.69, 9.17) is 9.47 Å². The molecule has 69 heavy (non-hydrogen) atoms. The van der Waals surface area contributed by atoms with Gasteiger partial charge in [0.1, 0.15) is 11.2 Å². The van der Waals surface area contributed by atoms with E-state index in [0.29, 0.717) is 37.8 Å². The first-order valence-corrected chi connectivity index (χ1v) is 22.9. The number of aryl methyl sites for hydroxylation is 2. The highest BCUT2D eigenvalue weighted by Gasteiger charge is 2.29. The van der Waals surface area contributed by atoms with Gasteiger partial charge in [0.05, 0.1) is 37.4 Å². The summed E-state index contributed by atoms with van der Waals surface area (Å²) in [5.41, 5.74) is 8.71. The summed E-state index contributed by atoms with van der Waals surface area (Å²) in [6.45, 7) is 13.4. The molecule has 1 fully saturated rings. The number of hydrogen-bond donors (Lipinski definition) is 1. The lowest BCUT2D eigenvalue weighted by Gasteiger charge is -2.34. The second-order valence-corrected chi connectivity index (χ2v) is 18.9. The summed E-state index contributed by atoms with van der Waals surface area (Å²) in [4.78, 5) is 44.4. The lowest BCUT2D eigenvalue weighted by molar-refractivity contribution is 0.0167. The standard InChI is InChI=1S/C27H31N7O2.C24H27N7O2/c1-27(2,3)36-26(35)33-10-6-9-24(18-33)34-17-23(15-31-34)21-12-28-25(29-13-21)20-8-5-7-19(11-20)22-14-30-32(4)16-22;1-24(2,3)33-23(32)25-8-9-31-16-21(14-29-31)19-11-26-22(27-12-19)18-7-5-6-17(10-18)20-13-28-30(4)15-20/h5,7-8,11-17,24H,6,9-10,18H2,1-4H3;5-7,10-16H,8-9H2,1-4H3,(H,25,32). The minimum Gasteiger partial charge on any atom is -0.444 e. The van der Waals surface area contributed by atoms with E-state index in [9.17, 15) is 9.59 Å². The van der Waals surface area contributed by atoms with Crippen molar-refractivity contribution in [2.24, 2.45) is 14.1 Å². The van der Waals surface area contributed by atoms with E-state index in [0.717, 1.165) is 68.5 Å². The zero-order valence-corrected chi connectivity index (χ0v) is 40.3. The quantitative estimate of drug-likeness (QED) is 0.137. The molecule has 1 aliphatic rings. The van der Waals surface area contributed by atoms with Gasteiger partial charge in [-0.25, -0.2) is 29.5 Å². The van der Waals surface area contributed by atoms with Crippen LogP contribution in [-0.4, -0.2) is 107 Å². The molecule has 0 aliphatic carbocycles. The molecule has 0 radical (unpaired) electrons. The minimum absolute atomic E-state index is 0.107. The Kier molecular flexibility index (Phi) is 14.1. The number of benzene rings is 2. The molecule has 1 N–H and O–H groups in total. The summed E-state index contributed by atoms with van der Waals surface area (Å²) in [7, 11) is 3.80. The van der Waals surface area contributed by atoms with Crippen molar-refractivity contribution in [2.45, 2.75) is 78.2 Å². The third-order valence-corrected chi connectivity index (χ3v) is 11.0. The van der Waals surface area contributed by atoms with Crippen LogP contribution in [0, 0.1) is 0 Å². The van der Waals surface area contributed by atoms with Crippen LogP contribution in [0.1, 0.15) is 60.4 Å². The number of alkyl carbamates (subject to hydrolysis) is 1. The van der Waals surface area contributed by atoms with E-state index >= 15 is 0 Å². The van der Waals surface area contributed by atoms with E-state index in [1.807, 2.05) is 146 Å². The molecule has 8 aromatic rings. The summed E-state index contributed by atoms with van der Waals surface area (Å²) >= 11 is 0. The highest BCUT2D eigenvalue weighted by molar-refractivity contribution is 5.72. The maximum absolute atomic E-state index is 12.5. The van der Waals surface area contributed by atoms with Crippen molar-refractivity contribution in [3.05, 3.63) is 123 Å². The Morgan fingerprint density at radius 1 is 0.594 bits per heavy atom. The SMILES string of the molecule is Cn1cc(-c2cccc(-c3ncc(-c4cnn(C5CCCN(C(=O)OC(C)(C)C)C5)c4)cn3)c2)cn1.Cn1cc(-c2cccc(-c3ncc(-c4cnn(CCNC(=O)OC(C)(C)C)c4)cn3)c2)cn1. The Labute approximate surface area is 401 Å². The summed E-state index contributed by atoms with van der Waals surface area (Å²) in [5.74, 6) is 1.32. The van der Waals surface area contributed by atoms with Gasteiger partial charge in [-0.2, -0.15) is 20.4 Å². The molecule has 18 nitrogen and oxygen atoms in total. The van der Waals surface area contributed by atoms with Gasteiger partial charge in [0.15, 0.2) is 11.6 Å². The van der Waals surface area contributed by atoms with E-state index < -0.39 is 17.3 Å². The van der Waals surface area contributed by atoms with Gasteiger partial charge in [0.25, 0.3) is 0 Å². The van der Waals surface area contributed by atoms with Crippen molar-refractivity contribution in [1.29, 1.82) is 0 Å². The molecular weight excluding hydrogens is 873 g/mol. The predicted molar refractivity (Wildman–Crippen MR) is 262 cm³/mol. The first-order chi connectivity index (χ1) is 33.0. The van der Waals surface area contributed by atoms with Crippen LogP contribution in [0.25, 0.3) is 67.3 Å². The van der Waals surface area contributed by atoms with Crippen LogP contribution in [0.3, 0.4) is 0 Å². The Morgan fingerprint density at radius 2 is 1.09 bits per heavy atom. The summed E-state index contributed by atoms with van der Waals surface area (Å²) in [6, 6.07) is 16.3. The second-order valence-electron chi connectivity index (χ2n) is 18.9. The second kappa shape index (κ2) is 20.5. The molecule has 2 aromatic carbocycles. The molecular formula is C51H58N14O4. The predicted octanol–water partition coefficient (Wildman–Crippen LogP) is 8.91. The fourth-order valence-electron chi connectivity index (χ4n) is 7.64. The van der Waals surface area contributed by atoms with Crippen molar-refractivity contribution >= 4 is 12.2 Å². The number of piperidine rings is 1. The van der Waals surface area contributed by atoms with Gasteiger partial charge < -0.3 is 19.7 Å². The monoisotopic (exact) mass is 930 g/mol. The van der Waals surface area contributed by atoms with Gasteiger partial charge >= 0.3 is 12.2 Å². The van der Waals surface area contributed by atoms with Gasteiger partial charge in [0.2, 0.25) is 0 Å². The number of rotatable bonds is 10. The number of hydrogen-bond acceptors (Lipinski definition) is 12. The van der Waals surface area contributed by atoms with Crippen LogP contribution in [0.5, 0.6) is 0 Å². The lowest BCUT2D eigenvalue weighted by atomic mass is 10.1. The maximum atomic E-state index is 12.5. The third-order valence-electron chi connectivity index (χ3n) is 11.0. The van der Waals surface area contributed by atoms with Crippen molar-refractivity contribution in [1.82, 2.24) is 69.3 Å². The Morgan fingerprint density at radius 3 is 1.61 bits per heavy atom.